The van der Waals surface area contributed by atoms with Gasteiger partial charge in [-0.1, -0.05) is 32.0 Å². The summed E-state index contributed by atoms with van der Waals surface area (Å²) in [6.45, 7) is 4.82. The van der Waals surface area contributed by atoms with E-state index in [-0.39, 0.29) is 23.5 Å². The van der Waals surface area contributed by atoms with Crippen molar-refractivity contribution >= 4 is 5.91 Å². The number of carbonyl (C=O) groups is 1. The van der Waals surface area contributed by atoms with E-state index in [9.17, 15) is 9.90 Å². The minimum absolute atomic E-state index is 0.0401. The van der Waals surface area contributed by atoms with Crippen LogP contribution >= 0.6 is 0 Å². The van der Waals surface area contributed by atoms with Crippen LogP contribution in [0.5, 0.6) is 0 Å². The van der Waals surface area contributed by atoms with Crippen molar-refractivity contribution in [2.75, 3.05) is 13.6 Å². The second-order valence-corrected chi connectivity index (χ2v) is 6.11. The second-order valence-electron chi connectivity index (χ2n) is 6.11. The number of rotatable bonds is 5. The highest BCUT2D eigenvalue weighted by atomic mass is 16.3. The molecule has 2 rings (SSSR count). The van der Waals surface area contributed by atoms with Crippen LogP contribution in [0, 0.1) is 5.41 Å². The molecule has 0 spiro atoms. The lowest BCUT2D eigenvalue weighted by Gasteiger charge is -2.49. The first-order valence-electron chi connectivity index (χ1n) is 7.18. The van der Waals surface area contributed by atoms with Crippen molar-refractivity contribution < 1.29 is 9.90 Å². The maximum Gasteiger partial charge on any atom is 0.251 e. The van der Waals surface area contributed by atoms with Gasteiger partial charge in [0.05, 0.1) is 6.10 Å². The summed E-state index contributed by atoms with van der Waals surface area (Å²) in [5, 5.41) is 15.9. The fourth-order valence-corrected chi connectivity index (χ4v) is 2.60. The molecular formula is C16H24N2O2. The molecule has 1 aliphatic rings. The van der Waals surface area contributed by atoms with Crippen molar-refractivity contribution in [1.29, 1.82) is 0 Å². The van der Waals surface area contributed by atoms with Gasteiger partial charge in [-0.25, -0.2) is 0 Å². The van der Waals surface area contributed by atoms with Gasteiger partial charge in [0.2, 0.25) is 0 Å². The first-order valence-corrected chi connectivity index (χ1v) is 7.18. The summed E-state index contributed by atoms with van der Waals surface area (Å²) in [6, 6.07) is 7.75. The van der Waals surface area contributed by atoms with Gasteiger partial charge in [0.25, 0.3) is 5.91 Å². The second kappa shape index (κ2) is 5.94. The summed E-state index contributed by atoms with van der Waals surface area (Å²) in [5.41, 5.74) is 1.55. The molecule has 2 unspecified atom stereocenters. The molecule has 1 saturated carbocycles. The summed E-state index contributed by atoms with van der Waals surface area (Å²) < 4.78 is 0. The number of nitrogens with one attached hydrogen (secondary N) is 2. The van der Waals surface area contributed by atoms with Gasteiger partial charge in [-0.15, -0.1) is 0 Å². The van der Waals surface area contributed by atoms with Crippen molar-refractivity contribution in [3.63, 3.8) is 0 Å². The molecule has 0 radical (unpaired) electrons. The Bertz CT molecular complexity index is 485. The predicted octanol–water partition coefficient (Wildman–Crippen LogP) is 1.34. The summed E-state index contributed by atoms with van der Waals surface area (Å²) in [7, 11) is 1.90. The highest BCUT2D eigenvalue weighted by molar-refractivity contribution is 5.96. The lowest BCUT2D eigenvalue weighted by molar-refractivity contribution is -0.0689. The van der Waals surface area contributed by atoms with Crippen LogP contribution in [0.3, 0.4) is 0 Å². The molecule has 2 atom stereocenters. The molecule has 0 aliphatic heterocycles. The molecule has 110 valence electrons. The fourth-order valence-electron chi connectivity index (χ4n) is 2.60. The average molecular weight is 276 g/mol. The van der Waals surface area contributed by atoms with E-state index in [1.165, 1.54) is 0 Å². The summed E-state index contributed by atoms with van der Waals surface area (Å²) in [6.07, 6.45) is 1.14. The largest absolute Gasteiger partial charge is 0.392 e. The minimum atomic E-state index is -0.327. The van der Waals surface area contributed by atoms with E-state index in [1.807, 2.05) is 45.2 Å². The number of aliphatic hydroxyl groups is 1. The number of aliphatic hydroxyl groups excluding tert-OH is 1. The van der Waals surface area contributed by atoms with Gasteiger partial charge in [0.1, 0.15) is 0 Å². The Labute approximate surface area is 120 Å². The fraction of sp³-hybridized carbons (Fsp3) is 0.562. The van der Waals surface area contributed by atoms with Crippen LogP contribution in [0.4, 0.5) is 0 Å². The van der Waals surface area contributed by atoms with Crippen LogP contribution in [0.1, 0.15) is 36.2 Å². The van der Waals surface area contributed by atoms with Gasteiger partial charge in [-0.05, 0) is 38.1 Å². The average Bonchev–Trinajstić information content (AvgIpc) is 2.45. The van der Waals surface area contributed by atoms with Crippen LogP contribution < -0.4 is 10.6 Å². The zero-order valence-electron chi connectivity index (χ0n) is 12.4. The zero-order chi connectivity index (χ0) is 14.8. The third-order valence-electron chi connectivity index (χ3n) is 4.43. The molecule has 0 heterocycles. The number of likely N-dealkylation sites (N-methyl/N-ethyl adjacent to an activating group) is 1. The maximum absolute atomic E-state index is 12.4. The van der Waals surface area contributed by atoms with Crippen LogP contribution in [-0.4, -0.2) is 36.8 Å². The molecule has 4 nitrogen and oxygen atoms in total. The smallest absolute Gasteiger partial charge is 0.251 e. The van der Waals surface area contributed by atoms with Crippen LogP contribution in [-0.2, 0) is 6.42 Å². The quantitative estimate of drug-likeness (QED) is 0.760. The summed E-state index contributed by atoms with van der Waals surface area (Å²) in [4.78, 5) is 12.4. The molecule has 1 fully saturated rings. The number of amides is 1. The molecule has 0 saturated heterocycles. The van der Waals surface area contributed by atoms with E-state index in [0.29, 0.717) is 6.42 Å². The van der Waals surface area contributed by atoms with Crippen molar-refractivity contribution in [1.82, 2.24) is 10.6 Å². The Morgan fingerprint density at radius 2 is 2.10 bits per heavy atom. The molecule has 4 heteroatoms. The number of hydrogen-bond donors (Lipinski definition) is 3. The highest BCUT2D eigenvalue weighted by Gasteiger charge is 2.48. The molecule has 1 aromatic rings. The molecule has 1 aromatic carbocycles. The Balaban J connectivity index is 2.06. The Kier molecular flexibility index (Phi) is 4.45. The first-order chi connectivity index (χ1) is 9.46. The molecular weight excluding hydrogens is 252 g/mol. The first kappa shape index (κ1) is 15.0. The van der Waals surface area contributed by atoms with Gasteiger partial charge in [0.15, 0.2) is 0 Å². The topological polar surface area (TPSA) is 61.4 Å². The van der Waals surface area contributed by atoms with Gasteiger partial charge in [0, 0.05) is 17.0 Å². The third-order valence-corrected chi connectivity index (χ3v) is 4.43. The van der Waals surface area contributed by atoms with E-state index in [0.717, 1.165) is 24.1 Å². The summed E-state index contributed by atoms with van der Waals surface area (Å²) >= 11 is 0. The Hall–Kier alpha value is -1.39. The van der Waals surface area contributed by atoms with Gasteiger partial charge < -0.3 is 15.7 Å². The zero-order valence-corrected chi connectivity index (χ0v) is 12.4. The molecule has 0 bridgehead atoms. The molecule has 20 heavy (non-hydrogen) atoms. The van der Waals surface area contributed by atoms with Crippen LogP contribution in [0.2, 0.25) is 0 Å². The van der Waals surface area contributed by atoms with Gasteiger partial charge in [-0.3, -0.25) is 4.79 Å². The Morgan fingerprint density at radius 3 is 2.70 bits per heavy atom. The molecule has 3 N–H and O–H groups in total. The van der Waals surface area contributed by atoms with Crippen molar-refractivity contribution in [2.45, 2.75) is 38.8 Å². The number of hydrogen-bond acceptors (Lipinski definition) is 3. The third kappa shape index (κ3) is 2.86. The Morgan fingerprint density at radius 1 is 1.40 bits per heavy atom. The van der Waals surface area contributed by atoms with Crippen molar-refractivity contribution in [3.05, 3.63) is 35.4 Å². The van der Waals surface area contributed by atoms with Crippen LogP contribution in [0.25, 0.3) is 0 Å². The lowest BCUT2D eigenvalue weighted by Crippen LogP contribution is -2.61. The van der Waals surface area contributed by atoms with Crippen LogP contribution in [0.15, 0.2) is 24.3 Å². The molecule has 1 amide bonds. The predicted molar refractivity (Wildman–Crippen MR) is 79.7 cm³/mol. The van der Waals surface area contributed by atoms with Gasteiger partial charge >= 0.3 is 0 Å². The molecule has 1 aliphatic carbocycles. The standard InChI is InChI=1S/C16H24N2O2/c1-16(2)13(10-14(16)19)18-15(20)12-7-5-4-6-11(12)8-9-17-3/h4-7,13-14,17,19H,8-10H2,1-3H3,(H,18,20). The number of carbonyl (C=O) groups excluding carboxylic acids is 1. The maximum atomic E-state index is 12.4. The van der Waals surface area contributed by atoms with E-state index in [1.54, 1.807) is 0 Å². The van der Waals surface area contributed by atoms with Gasteiger partial charge in [-0.2, -0.15) is 0 Å². The van der Waals surface area contributed by atoms with E-state index >= 15 is 0 Å². The van der Waals surface area contributed by atoms with E-state index < -0.39 is 0 Å². The van der Waals surface area contributed by atoms with Crippen molar-refractivity contribution in [3.8, 4) is 0 Å². The van der Waals surface area contributed by atoms with E-state index in [2.05, 4.69) is 10.6 Å². The molecule has 0 aromatic heterocycles. The van der Waals surface area contributed by atoms with Crippen molar-refractivity contribution in [2.24, 2.45) is 5.41 Å². The normalized spacial score (nSPS) is 24.0. The van der Waals surface area contributed by atoms with E-state index in [4.69, 9.17) is 0 Å². The monoisotopic (exact) mass is 276 g/mol. The number of benzene rings is 1. The summed E-state index contributed by atoms with van der Waals surface area (Å²) in [5.74, 6) is -0.0401. The minimum Gasteiger partial charge on any atom is -0.392 e. The lowest BCUT2D eigenvalue weighted by atomic mass is 9.64. The highest BCUT2D eigenvalue weighted by Crippen LogP contribution is 2.40. The SMILES string of the molecule is CNCCc1ccccc1C(=O)NC1CC(O)C1(C)C.